The Morgan fingerprint density at radius 2 is 1.81 bits per heavy atom. The predicted octanol–water partition coefficient (Wildman–Crippen LogP) is 3.32. The van der Waals surface area contributed by atoms with E-state index in [0.29, 0.717) is 18.4 Å². The Morgan fingerprint density at radius 3 is 2.58 bits per heavy atom. The minimum absolute atomic E-state index is 0.0664. The summed E-state index contributed by atoms with van der Waals surface area (Å²) in [7, 11) is 0. The van der Waals surface area contributed by atoms with Gasteiger partial charge in [-0.3, -0.25) is 4.79 Å². The van der Waals surface area contributed by atoms with Crippen molar-refractivity contribution in [3.63, 3.8) is 0 Å². The zero-order valence-corrected chi connectivity index (χ0v) is 14.1. The Labute approximate surface area is 150 Å². The number of benzene rings is 2. The molecule has 6 heteroatoms. The first-order chi connectivity index (χ1) is 12.6. The monoisotopic (exact) mass is 358 g/mol. The molecule has 2 aromatic rings. The van der Waals surface area contributed by atoms with Crippen LogP contribution in [0.15, 0.2) is 54.6 Å². The molecule has 0 unspecified atom stereocenters. The predicted molar refractivity (Wildman–Crippen MR) is 93.1 cm³/mol. The summed E-state index contributed by atoms with van der Waals surface area (Å²) in [5.41, 5.74) is 1.26. The molecule has 2 aromatic carbocycles. The van der Waals surface area contributed by atoms with Crippen molar-refractivity contribution in [1.82, 2.24) is 10.2 Å². The summed E-state index contributed by atoms with van der Waals surface area (Å²) >= 11 is 0. The van der Waals surface area contributed by atoms with Crippen LogP contribution in [0.4, 0.5) is 8.78 Å². The Kier molecular flexibility index (Phi) is 4.59. The molecule has 26 heavy (non-hydrogen) atoms. The summed E-state index contributed by atoms with van der Waals surface area (Å²) < 4.78 is 30.0. The van der Waals surface area contributed by atoms with Gasteiger partial charge in [0.05, 0.1) is 11.6 Å². The number of ether oxygens (including phenoxy) is 1. The maximum atomic E-state index is 13.2. The Bertz CT molecular complexity index is 784. The summed E-state index contributed by atoms with van der Waals surface area (Å²) in [5.74, 6) is 0.357. The lowest BCUT2D eigenvalue weighted by Gasteiger charge is -2.29. The second kappa shape index (κ2) is 7.03. The van der Waals surface area contributed by atoms with Crippen molar-refractivity contribution >= 4 is 5.91 Å². The van der Waals surface area contributed by atoms with Gasteiger partial charge in [0.25, 0.3) is 5.91 Å². The molecule has 136 valence electrons. The number of nitrogens with zero attached hydrogens (tertiary/aromatic N) is 1. The minimum Gasteiger partial charge on any atom is -0.434 e. The smallest absolute Gasteiger partial charge is 0.387 e. The molecule has 4 nitrogen and oxygen atoms in total. The number of hydrogen-bond acceptors (Lipinski definition) is 3. The maximum absolute atomic E-state index is 13.2. The Balaban J connectivity index is 1.69. The molecular formula is C20H20F2N2O2. The highest BCUT2D eigenvalue weighted by Gasteiger charge is 2.47. The average molecular weight is 358 g/mol. The van der Waals surface area contributed by atoms with Crippen molar-refractivity contribution in [3.8, 4) is 5.75 Å². The van der Waals surface area contributed by atoms with Crippen LogP contribution in [0.25, 0.3) is 0 Å². The standard InChI is InChI=1S/C20H20F2N2O2/c21-20(22)26-17-9-5-4-8-15(17)19(25)24-12-14-10-23-11-16(14)18(24)13-6-2-1-3-7-13/h1-9,14,16,18,20,23H,10-12H2/t14-,16-,18+/m0/s1. The van der Waals surface area contributed by atoms with Gasteiger partial charge in [-0.2, -0.15) is 8.78 Å². The van der Waals surface area contributed by atoms with E-state index >= 15 is 0 Å². The minimum atomic E-state index is -2.96. The van der Waals surface area contributed by atoms with Crippen molar-refractivity contribution in [3.05, 3.63) is 65.7 Å². The highest BCUT2D eigenvalue weighted by atomic mass is 19.3. The van der Waals surface area contributed by atoms with Crippen LogP contribution in [0.3, 0.4) is 0 Å². The Morgan fingerprint density at radius 1 is 1.08 bits per heavy atom. The van der Waals surface area contributed by atoms with Crippen molar-refractivity contribution in [2.75, 3.05) is 19.6 Å². The number of amides is 1. The molecule has 3 atom stereocenters. The molecule has 2 aliphatic rings. The molecule has 0 saturated carbocycles. The second-order valence-corrected chi connectivity index (χ2v) is 6.77. The quantitative estimate of drug-likeness (QED) is 0.912. The fraction of sp³-hybridized carbons (Fsp3) is 0.350. The summed E-state index contributed by atoms with van der Waals surface area (Å²) in [4.78, 5) is 15.1. The van der Waals surface area contributed by atoms with E-state index in [1.54, 1.807) is 18.2 Å². The average Bonchev–Trinajstić information content (AvgIpc) is 3.22. The number of fused-ring (bicyclic) bond motifs is 1. The molecule has 2 fully saturated rings. The summed E-state index contributed by atoms with van der Waals surface area (Å²) in [5, 5.41) is 3.40. The number of halogens is 2. The van der Waals surface area contributed by atoms with Crippen molar-refractivity contribution in [1.29, 1.82) is 0 Å². The van der Waals surface area contributed by atoms with Gasteiger partial charge in [-0.25, -0.2) is 0 Å². The van der Waals surface area contributed by atoms with Crippen LogP contribution in [0.5, 0.6) is 5.75 Å². The molecule has 2 aliphatic heterocycles. The van der Waals surface area contributed by atoms with Gasteiger partial charge < -0.3 is 15.0 Å². The number of nitrogens with one attached hydrogen (secondary N) is 1. The fourth-order valence-electron chi connectivity index (χ4n) is 4.20. The van der Waals surface area contributed by atoms with Gasteiger partial charge >= 0.3 is 6.61 Å². The van der Waals surface area contributed by atoms with E-state index in [0.717, 1.165) is 18.7 Å². The van der Waals surface area contributed by atoms with Gasteiger partial charge in [-0.1, -0.05) is 42.5 Å². The number of para-hydroxylation sites is 1. The van der Waals surface area contributed by atoms with E-state index in [1.807, 2.05) is 35.2 Å². The second-order valence-electron chi connectivity index (χ2n) is 6.77. The third-order valence-electron chi connectivity index (χ3n) is 5.30. The number of rotatable bonds is 4. The van der Waals surface area contributed by atoms with Gasteiger partial charge in [0.2, 0.25) is 0 Å². The highest BCUT2D eigenvalue weighted by Crippen LogP contribution is 2.43. The number of hydrogen-bond donors (Lipinski definition) is 1. The molecule has 2 saturated heterocycles. The molecular weight excluding hydrogens is 338 g/mol. The van der Waals surface area contributed by atoms with Gasteiger partial charge in [0.15, 0.2) is 0 Å². The van der Waals surface area contributed by atoms with Crippen LogP contribution in [0.2, 0.25) is 0 Å². The first kappa shape index (κ1) is 17.0. The maximum Gasteiger partial charge on any atom is 0.387 e. The number of carbonyl (C=O) groups is 1. The van der Waals surface area contributed by atoms with Gasteiger partial charge in [-0.15, -0.1) is 0 Å². The van der Waals surface area contributed by atoms with Crippen molar-refractivity contribution in [2.45, 2.75) is 12.7 Å². The Hall–Kier alpha value is -2.47. The molecule has 0 bridgehead atoms. The van der Waals surface area contributed by atoms with Crippen LogP contribution in [0, 0.1) is 11.8 Å². The molecule has 2 heterocycles. The first-order valence-electron chi connectivity index (χ1n) is 8.75. The van der Waals surface area contributed by atoms with Crippen molar-refractivity contribution in [2.24, 2.45) is 11.8 Å². The lowest BCUT2D eigenvalue weighted by Crippen LogP contribution is -2.35. The van der Waals surface area contributed by atoms with E-state index in [9.17, 15) is 13.6 Å². The van der Waals surface area contributed by atoms with E-state index in [1.165, 1.54) is 6.07 Å². The molecule has 0 spiro atoms. The molecule has 0 aliphatic carbocycles. The lowest BCUT2D eigenvalue weighted by molar-refractivity contribution is -0.0503. The van der Waals surface area contributed by atoms with Gasteiger partial charge in [0.1, 0.15) is 5.75 Å². The van der Waals surface area contributed by atoms with E-state index in [4.69, 9.17) is 0 Å². The molecule has 1 N–H and O–H groups in total. The molecule has 1 amide bonds. The van der Waals surface area contributed by atoms with Crippen LogP contribution in [0.1, 0.15) is 22.0 Å². The zero-order chi connectivity index (χ0) is 18.1. The lowest BCUT2D eigenvalue weighted by atomic mass is 9.89. The number of likely N-dealkylation sites (tertiary alicyclic amines) is 1. The summed E-state index contributed by atoms with van der Waals surface area (Å²) in [6.07, 6.45) is 0. The largest absolute Gasteiger partial charge is 0.434 e. The van der Waals surface area contributed by atoms with Crippen LogP contribution < -0.4 is 10.1 Å². The van der Waals surface area contributed by atoms with Crippen molar-refractivity contribution < 1.29 is 18.3 Å². The first-order valence-corrected chi connectivity index (χ1v) is 8.75. The number of alkyl halides is 2. The topological polar surface area (TPSA) is 41.6 Å². The zero-order valence-electron chi connectivity index (χ0n) is 14.1. The fourth-order valence-corrected chi connectivity index (χ4v) is 4.20. The third-order valence-corrected chi connectivity index (χ3v) is 5.30. The third kappa shape index (κ3) is 3.05. The molecule has 0 radical (unpaired) electrons. The summed E-state index contributed by atoms with van der Waals surface area (Å²) in [6.45, 7) is -0.633. The molecule has 4 rings (SSSR count). The van der Waals surface area contributed by atoms with E-state index in [-0.39, 0.29) is 23.3 Å². The summed E-state index contributed by atoms with van der Waals surface area (Å²) in [6, 6.07) is 16.1. The van der Waals surface area contributed by atoms with Crippen LogP contribution in [-0.4, -0.2) is 37.1 Å². The van der Waals surface area contributed by atoms with E-state index in [2.05, 4.69) is 10.1 Å². The SMILES string of the molecule is O=C(c1ccccc1OC(F)F)N1C[C@@H]2CNC[C@@H]2[C@H]1c1ccccc1. The molecule has 0 aromatic heterocycles. The normalized spacial score (nSPS) is 24.7. The van der Waals surface area contributed by atoms with E-state index < -0.39 is 6.61 Å². The van der Waals surface area contributed by atoms with Gasteiger partial charge in [0, 0.05) is 25.6 Å². The van der Waals surface area contributed by atoms with Crippen LogP contribution in [-0.2, 0) is 0 Å². The highest BCUT2D eigenvalue weighted by molar-refractivity contribution is 5.97. The van der Waals surface area contributed by atoms with Crippen LogP contribution >= 0.6 is 0 Å². The van der Waals surface area contributed by atoms with Gasteiger partial charge in [-0.05, 0) is 23.6 Å². The number of carbonyl (C=O) groups excluding carboxylic acids is 1.